The van der Waals surface area contributed by atoms with Crippen LogP contribution < -0.4 is 0 Å². The van der Waals surface area contributed by atoms with E-state index in [1.165, 1.54) is 141 Å². The third kappa shape index (κ3) is 31.0. The third-order valence-electron chi connectivity index (χ3n) is 7.28. The van der Waals surface area contributed by atoms with E-state index in [1.807, 2.05) is 0 Å². The molecule has 0 aromatic carbocycles. The van der Waals surface area contributed by atoms with Crippen molar-refractivity contribution >= 4 is 11.9 Å². The number of unbranched alkanes of at least 4 members (excludes halogenated alkanes) is 24. The predicted molar refractivity (Wildman–Crippen MR) is 154 cm³/mol. The summed E-state index contributed by atoms with van der Waals surface area (Å²) in [6.45, 7) is 2.80. The van der Waals surface area contributed by atoms with Crippen LogP contribution in [0.5, 0.6) is 0 Å². The summed E-state index contributed by atoms with van der Waals surface area (Å²) in [5, 5.41) is 8.57. The SMILES string of the molecule is CCCCCCCCCCCCCCCCCCCCCCCCCCOC(=O)CCCCC(=O)O. The van der Waals surface area contributed by atoms with Crippen LogP contribution in [0.25, 0.3) is 0 Å². The van der Waals surface area contributed by atoms with Crippen molar-refractivity contribution in [1.82, 2.24) is 0 Å². The first-order valence-electron chi connectivity index (χ1n) is 16.0. The van der Waals surface area contributed by atoms with Gasteiger partial charge in [0.15, 0.2) is 0 Å². The van der Waals surface area contributed by atoms with Gasteiger partial charge in [-0.25, -0.2) is 0 Å². The Morgan fingerprint density at radius 1 is 0.444 bits per heavy atom. The van der Waals surface area contributed by atoms with Gasteiger partial charge in [0, 0.05) is 12.8 Å². The van der Waals surface area contributed by atoms with E-state index in [0.29, 0.717) is 25.9 Å². The standard InChI is InChI=1S/C32H62O4/c1-2-3-4-5-6-7-8-9-10-11-12-13-14-15-16-17-18-19-20-21-22-23-24-27-30-36-32(35)29-26-25-28-31(33)34/h2-30H2,1H3,(H,33,34). The molecule has 0 saturated carbocycles. The van der Waals surface area contributed by atoms with Crippen molar-refractivity contribution in [2.24, 2.45) is 0 Å². The summed E-state index contributed by atoms with van der Waals surface area (Å²) in [6, 6.07) is 0. The Balaban J connectivity index is 3.10. The molecule has 36 heavy (non-hydrogen) atoms. The molecule has 4 heteroatoms. The molecule has 0 aliphatic carbocycles. The van der Waals surface area contributed by atoms with Gasteiger partial charge in [-0.3, -0.25) is 9.59 Å². The molecular formula is C32H62O4. The third-order valence-corrected chi connectivity index (χ3v) is 7.28. The molecule has 0 aromatic rings. The van der Waals surface area contributed by atoms with E-state index in [-0.39, 0.29) is 12.4 Å². The number of carbonyl (C=O) groups excluding carboxylic acids is 1. The fraction of sp³-hybridized carbons (Fsp3) is 0.938. The maximum atomic E-state index is 11.5. The van der Waals surface area contributed by atoms with E-state index in [9.17, 15) is 9.59 Å². The average molecular weight is 511 g/mol. The van der Waals surface area contributed by atoms with Crippen molar-refractivity contribution in [3.05, 3.63) is 0 Å². The fourth-order valence-electron chi connectivity index (χ4n) is 4.87. The first kappa shape index (κ1) is 34.9. The van der Waals surface area contributed by atoms with Gasteiger partial charge >= 0.3 is 11.9 Å². The summed E-state index contributed by atoms with van der Waals surface area (Å²) in [4.78, 5) is 22.0. The first-order chi connectivity index (χ1) is 17.7. The molecule has 0 aliphatic heterocycles. The van der Waals surface area contributed by atoms with E-state index >= 15 is 0 Å². The van der Waals surface area contributed by atoms with Crippen LogP contribution >= 0.6 is 0 Å². The number of carbonyl (C=O) groups is 2. The minimum atomic E-state index is -0.802. The van der Waals surface area contributed by atoms with Gasteiger partial charge in [0.2, 0.25) is 0 Å². The van der Waals surface area contributed by atoms with E-state index in [0.717, 1.165) is 12.8 Å². The normalized spacial score (nSPS) is 11.1. The lowest BCUT2D eigenvalue weighted by Crippen LogP contribution is -2.06. The zero-order chi connectivity index (χ0) is 26.4. The van der Waals surface area contributed by atoms with Crippen molar-refractivity contribution in [3.8, 4) is 0 Å². The quantitative estimate of drug-likeness (QED) is 0.0770. The summed E-state index contributed by atoms with van der Waals surface area (Å²) < 4.78 is 5.21. The molecular weight excluding hydrogens is 448 g/mol. The van der Waals surface area contributed by atoms with E-state index in [2.05, 4.69) is 6.92 Å². The van der Waals surface area contributed by atoms with Crippen LogP contribution in [0.1, 0.15) is 187 Å². The van der Waals surface area contributed by atoms with Crippen LogP contribution in [0.4, 0.5) is 0 Å². The highest BCUT2D eigenvalue weighted by Gasteiger charge is 2.04. The summed E-state index contributed by atoms with van der Waals surface area (Å²) >= 11 is 0. The molecule has 0 aliphatic rings. The topological polar surface area (TPSA) is 63.6 Å². The maximum Gasteiger partial charge on any atom is 0.305 e. The fourth-order valence-corrected chi connectivity index (χ4v) is 4.87. The van der Waals surface area contributed by atoms with Gasteiger partial charge < -0.3 is 9.84 Å². The molecule has 1 N–H and O–H groups in total. The summed E-state index contributed by atoms with van der Waals surface area (Å²) in [5.74, 6) is -0.988. The van der Waals surface area contributed by atoms with Crippen LogP contribution in [-0.2, 0) is 14.3 Å². The van der Waals surface area contributed by atoms with Crippen LogP contribution in [0.15, 0.2) is 0 Å². The number of rotatable bonds is 30. The van der Waals surface area contributed by atoms with Gasteiger partial charge in [-0.1, -0.05) is 155 Å². The number of hydrogen-bond donors (Lipinski definition) is 1. The molecule has 0 amide bonds. The number of carboxylic acids is 1. The van der Waals surface area contributed by atoms with Gasteiger partial charge in [-0.05, 0) is 19.3 Å². The van der Waals surface area contributed by atoms with Gasteiger partial charge in [0.05, 0.1) is 6.61 Å². The van der Waals surface area contributed by atoms with Crippen LogP contribution in [0.2, 0.25) is 0 Å². The van der Waals surface area contributed by atoms with Crippen molar-refractivity contribution in [1.29, 1.82) is 0 Å². The Morgan fingerprint density at radius 3 is 1.08 bits per heavy atom. The lowest BCUT2D eigenvalue weighted by molar-refractivity contribution is -0.144. The molecule has 0 radical (unpaired) electrons. The van der Waals surface area contributed by atoms with Crippen molar-refractivity contribution in [3.63, 3.8) is 0 Å². The largest absolute Gasteiger partial charge is 0.481 e. The van der Waals surface area contributed by atoms with Crippen molar-refractivity contribution < 1.29 is 19.4 Å². The number of aliphatic carboxylic acids is 1. The van der Waals surface area contributed by atoms with E-state index in [1.54, 1.807) is 0 Å². The van der Waals surface area contributed by atoms with Crippen LogP contribution in [0, 0.1) is 0 Å². The summed E-state index contributed by atoms with van der Waals surface area (Å²) in [6.07, 6.45) is 34.8. The van der Waals surface area contributed by atoms with Gasteiger partial charge in [0.25, 0.3) is 0 Å². The zero-order valence-electron chi connectivity index (χ0n) is 24.2. The Labute approximate surface area is 224 Å². The average Bonchev–Trinajstić information content (AvgIpc) is 2.86. The molecule has 0 saturated heterocycles. The molecule has 0 spiro atoms. The van der Waals surface area contributed by atoms with Crippen LogP contribution in [0.3, 0.4) is 0 Å². The maximum absolute atomic E-state index is 11.5. The lowest BCUT2D eigenvalue weighted by atomic mass is 10.0. The van der Waals surface area contributed by atoms with Crippen LogP contribution in [-0.4, -0.2) is 23.7 Å². The molecule has 0 heterocycles. The molecule has 0 rings (SSSR count). The monoisotopic (exact) mass is 510 g/mol. The highest BCUT2D eigenvalue weighted by atomic mass is 16.5. The minimum Gasteiger partial charge on any atom is -0.481 e. The van der Waals surface area contributed by atoms with E-state index < -0.39 is 5.97 Å². The smallest absolute Gasteiger partial charge is 0.305 e. The molecule has 0 aromatic heterocycles. The zero-order valence-corrected chi connectivity index (χ0v) is 24.2. The minimum absolute atomic E-state index is 0.132. The molecule has 0 unspecified atom stereocenters. The number of carboxylic acid groups (broad SMARTS) is 1. The van der Waals surface area contributed by atoms with Gasteiger partial charge in [-0.2, -0.15) is 0 Å². The number of esters is 1. The number of hydrogen-bond acceptors (Lipinski definition) is 3. The molecule has 4 nitrogen and oxygen atoms in total. The highest BCUT2D eigenvalue weighted by molar-refractivity contribution is 5.69. The van der Waals surface area contributed by atoms with Crippen molar-refractivity contribution in [2.45, 2.75) is 187 Å². The summed E-state index contributed by atoms with van der Waals surface area (Å²) in [5.41, 5.74) is 0. The molecule has 0 bridgehead atoms. The second-order valence-corrected chi connectivity index (χ2v) is 11.0. The molecule has 214 valence electrons. The Morgan fingerprint density at radius 2 is 0.750 bits per heavy atom. The Kier molecular flexibility index (Phi) is 29.3. The molecule has 0 atom stereocenters. The lowest BCUT2D eigenvalue weighted by Gasteiger charge is -2.05. The number of ether oxygens (including phenoxy) is 1. The Hall–Kier alpha value is -1.06. The second kappa shape index (κ2) is 30.2. The highest BCUT2D eigenvalue weighted by Crippen LogP contribution is 2.15. The first-order valence-corrected chi connectivity index (χ1v) is 16.0. The predicted octanol–water partition coefficient (Wildman–Crippen LogP) is 10.6. The van der Waals surface area contributed by atoms with Gasteiger partial charge in [-0.15, -0.1) is 0 Å². The van der Waals surface area contributed by atoms with E-state index in [4.69, 9.17) is 9.84 Å². The second-order valence-electron chi connectivity index (χ2n) is 11.0. The van der Waals surface area contributed by atoms with Gasteiger partial charge in [0.1, 0.15) is 0 Å². The molecule has 0 fully saturated rings. The Bertz CT molecular complexity index is 463. The summed E-state index contributed by atoms with van der Waals surface area (Å²) in [7, 11) is 0. The van der Waals surface area contributed by atoms with Crippen molar-refractivity contribution in [2.75, 3.05) is 6.61 Å².